The Balaban J connectivity index is 1.60. The SMILES string of the molecule is CC(C)N(C)S(=O)(=O)N1CCN(Cc2ccc(-c3ccccc3F)s2)CC1. The molecule has 1 fully saturated rings. The highest BCUT2D eigenvalue weighted by atomic mass is 32.2. The average Bonchev–Trinajstić information content (AvgIpc) is 3.10. The summed E-state index contributed by atoms with van der Waals surface area (Å²) in [5.74, 6) is -0.209. The van der Waals surface area contributed by atoms with Crippen LogP contribution in [0.2, 0.25) is 0 Å². The van der Waals surface area contributed by atoms with E-state index in [1.807, 2.05) is 32.0 Å². The molecule has 0 N–H and O–H groups in total. The van der Waals surface area contributed by atoms with Crippen molar-refractivity contribution >= 4 is 21.5 Å². The molecule has 1 aromatic carbocycles. The summed E-state index contributed by atoms with van der Waals surface area (Å²) in [5.41, 5.74) is 0.626. The molecule has 148 valence electrons. The molecular formula is C19H26FN3O2S2. The Kier molecular flexibility index (Phi) is 6.32. The predicted octanol–water partition coefficient (Wildman–Crippen LogP) is 3.26. The fourth-order valence-corrected chi connectivity index (χ4v) is 5.66. The molecule has 27 heavy (non-hydrogen) atoms. The van der Waals surface area contributed by atoms with Gasteiger partial charge in [0.2, 0.25) is 0 Å². The highest BCUT2D eigenvalue weighted by molar-refractivity contribution is 7.86. The smallest absolute Gasteiger partial charge is 0.282 e. The van der Waals surface area contributed by atoms with E-state index in [1.165, 1.54) is 10.4 Å². The normalized spacial score (nSPS) is 17.1. The van der Waals surface area contributed by atoms with Crippen LogP contribution in [0, 0.1) is 5.82 Å². The minimum absolute atomic E-state index is 0.0593. The van der Waals surface area contributed by atoms with Crippen molar-refractivity contribution in [2.75, 3.05) is 33.2 Å². The van der Waals surface area contributed by atoms with E-state index in [-0.39, 0.29) is 11.9 Å². The maximum absolute atomic E-state index is 13.9. The fraction of sp³-hybridized carbons (Fsp3) is 0.474. The van der Waals surface area contributed by atoms with Crippen molar-refractivity contribution in [2.24, 2.45) is 0 Å². The molecule has 1 aliphatic rings. The van der Waals surface area contributed by atoms with Crippen LogP contribution in [0.5, 0.6) is 0 Å². The summed E-state index contributed by atoms with van der Waals surface area (Å²) in [5, 5.41) is 0. The van der Waals surface area contributed by atoms with Crippen molar-refractivity contribution in [1.82, 2.24) is 13.5 Å². The summed E-state index contributed by atoms with van der Waals surface area (Å²) in [6, 6.07) is 10.7. The van der Waals surface area contributed by atoms with Gasteiger partial charge >= 0.3 is 0 Å². The molecule has 1 aromatic heterocycles. The second-order valence-electron chi connectivity index (χ2n) is 7.04. The number of hydrogen-bond acceptors (Lipinski definition) is 4. The van der Waals surface area contributed by atoms with Gasteiger partial charge in [-0.05, 0) is 32.0 Å². The summed E-state index contributed by atoms with van der Waals surface area (Å²) in [7, 11) is -1.77. The lowest BCUT2D eigenvalue weighted by molar-refractivity contribution is 0.175. The third-order valence-corrected chi connectivity index (χ3v) is 8.20. The zero-order chi connectivity index (χ0) is 19.6. The summed E-state index contributed by atoms with van der Waals surface area (Å²) in [4.78, 5) is 4.32. The Morgan fingerprint density at radius 1 is 1.11 bits per heavy atom. The Morgan fingerprint density at radius 2 is 1.78 bits per heavy atom. The maximum Gasteiger partial charge on any atom is 0.282 e. The first kappa shape index (κ1) is 20.4. The Labute approximate surface area is 165 Å². The lowest BCUT2D eigenvalue weighted by atomic mass is 10.2. The number of nitrogens with zero attached hydrogens (tertiary/aromatic N) is 3. The van der Waals surface area contributed by atoms with E-state index in [9.17, 15) is 12.8 Å². The van der Waals surface area contributed by atoms with Gasteiger partial charge in [0.1, 0.15) is 5.82 Å². The van der Waals surface area contributed by atoms with E-state index in [1.54, 1.807) is 34.8 Å². The third-order valence-electron chi connectivity index (χ3n) is 4.93. The van der Waals surface area contributed by atoms with Gasteiger partial charge in [0.15, 0.2) is 0 Å². The van der Waals surface area contributed by atoms with E-state index in [0.29, 0.717) is 31.7 Å². The molecule has 2 heterocycles. The molecule has 0 amide bonds. The van der Waals surface area contributed by atoms with Crippen LogP contribution in [0.4, 0.5) is 4.39 Å². The molecule has 0 bridgehead atoms. The third kappa shape index (κ3) is 4.57. The lowest BCUT2D eigenvalue weighted by Gasteiger charge is -2.36. The van der Waals surface area contributed by atoms with Gasteiger partial charge in [0, 0.05) is 61.1 Å². The van der Waals surface area contributed by atoms with Gasteiger partial charge in [-0.25, -0.2) is 4.39 Å². The van der Waals surface area contributed by atoms with Gasteiger partial charge in [-0.15, -0.1) is 11.3 Å². The van der Waals surface area contributed by atoms with Gasteiger partial charge < -0.3 is 0 Å². The van der Waals surface area contributed by atoms with Crippen molar-refractivity contribution in [3.8, 4) is 10.4 Å². The topological polar surface area (TPSA) is 43.9 Å². The van der Waals surface area contributed by atoms with Crippen LogP contribution in [-0.4, -0.2) is 61.2 Å². The minimum Gasteiger partial charge on any atom is -0.296 e. The van der Waals surface area contributed by atoms with Gasteiger partial charge in [-0.1, -0.05) is 18.2 Å². The van der Waals surface area contributed by atoms with E-state index in [4.69, 9.17) is 0 Å². The molecular weight excluding hydrogens is 385 g/mol. The van der Waals surface area contributed by atoms with Crippen LogP contribution in [0.15, 0.2) is 36.4 Å². The number of rotatable bonds is 6. The highest BCUT2D eigenvalue weighted by Crippen LogP contribution is 2.30. The minimum atomic E-state index is -3.39. The molecule has 0 unspecified atom stereocenters. The van der Waals surface area contributed by atoms with Gasteiger partial charge in [0.25, 0.3) is 10.2 Å². The van der Waals surface area contributed by atoms with Crippen LogP contribution in [0.1, 0.15) is 18.7 Å². The number of benzene rings is 1. The summed E-state index contributed by atoms with van der Waals surface area (Å²) >= 11 is 1.59. The summed E-state index contributed by atoms with van der Waals surface area (Å²) in [6.45, 7) is 6.87. The first-order valence-corrected chi connectivity index (χ1v) is 11.3. The standard InChI is InChI=1S/C19H26FN3O2S2/c1-15(2)21(3)27(24,25)23-12-10-22(11-13-23)14-16-8-9-19(26-16)17-6-4-5-7-18(17)20/h4-9,15H,10-14H2,1-3H3. The van der Waals surface area contributed by atoms with E-state index < -0.39 is 10.2 Å². The highest BCUT2D eigenvalue weighted by Gasteiger charge is 2.31. The fourth-order valence-electron chi connectivity index (χ4n) is 3.06. The quantitative estimate of drug-likeness (QED) is 0.733. The zero-order valence-corrected chi connectivity index (χ0v) is 17.6. The first-order chi connectivity index (χ1) is 12.8. The van der Waals surface area contributed by atoms with E-state index in [2.05, 4.69) is 4.90 Å². The van der Waals surface area contributed by atoms with Crippen LogP contribution in [-0.2, 0) is 16.8 Å². The first-order valence-electron chi connectivity index (χ1n) is 9.08. The summed E-state index contributed by atoms with van der Waals surface area (Å²) in [6.07, 6.45) is 0. The maximum atomic E-state index is 13.9. The van der Waals surface area contributed by atoms with Gasteiger partial charge in [-0.3, -0.25) is 4.90 Å². The van der Waals surface area contributed by atoms with Crippen molar-refractivity contribution in [3.63, 3.8) is 0 Å². The summed E-state index contributed by atoms with van der Waals surface area (Å²) < 4.78 is 42.1. The van der Waals surface area contributed by atoms with Gasteiger partial charge in [-0.2, -0.15) is 17.0 Å². The van der Waals surface area contributed by atoms with Crippen LogP contribution in [0.3, 0.4) is 0 Å². The van der Waals surface area contributed by atoms with Crippen molar-refractivity contribution in [1.29, 1.82) is 0 Å². The molecule has 0 saturated carbocycles. The molecule has 0 spiro atoms. The van der Waals surface area contributed by atoms with Gasteiger partial charge in [0.05, 0.1) is 0 Å². The molecule has 2 aromatic rings. The van der Waals surface area contributed by atoms with Crippen molar-refractivity contribution < 1.29 is 12.8 Å². The van der Waals surface area contributed by atoms with Crippen molar-refractivity contribution in [2.45, 2.75) is 26.4 Å². The van der Waals surface area contributed by atoms with Crippen LogP contribution in [0.25, 0.3) is 10.4 Å². The van der Waals surface area contributed by atoms with E-state index in [0.717, 1.165) is 16.3 Å². The zero-order valence-electron chi connectivity index (χ0n) is 15.9. The van der Waals surface area contributed by atoms with E-state index >= 15 is 0 Å². The molecule has 0 atom stereocenters. The average molecular weight is 412 g/mol. The van der Waals surface area contributed by atoms with Crippen LogP contribution >= 0.6 is 11.3 Å². The predicted molar refractivity (Wildman–Crippen MR) is 108 cm³/mol. The second kappa shape index (κ2) is 8.36. The second-order valence-corrected chi connectivity index (χ2v) is 10.2. The largest absolute Gasteiger partial charge is 0.296 e. The Morgan fingerprint density at radius 3 is 2.41 bits per heavy atom. The lowest BCUT2D eigenvalue weighted by Crippen LogP contribution is -2.53. The Hall–Kier alpha value is -1.32. The number of piperazine rings is 1. The Bertz CT molecular complexity index is 875. The number of hydrogen-bond donors (Lipinski definition) is 0. The molecule has 1 saturated heterocycles. The molecule has 0 radical (unpaired) electrons. The van der Waals surface area contributed by atoms with Crippen LogP contribution < -0.4 is 0 Å². The number of halogens is 1. The molecule has 5 nitrogen and oxygen atoms in total. The molecule has 1 aliphatic heterocycles. The number of thiophene rings is 1. The monoisotopic (exact) mass is 411 g/mol. The molecule has 0 aliphatic carbocycles. The molecule has 8 heteroatoms. The van der Waals surface area contributed by atoms with Crippen molar-refractivity contribution in [3.05, 3.63) is 47.1 Å². The molecule has 3 rings (SSSR count).